The fraction of sp³-hybridized carbons (Fsp3) is 0.750. The highest BCUT2D eigenvalue weighted by molar-refractivity contribution is 7.91. The minimum atomic E-state index is -2.96. The topological polar surface area (TPSA) is 59.1 Å². The Labute approximate surface area is 113 Å². The molecule has 2 rings (SSSR count). The van der Waals surface area contributed by atoms with E-state index in [-0.39, 0.29) is 5.75 Å². The molecule has 1 unspecified atom stereocenters. The molecule has 0 amide bonds. The van der Waals surface area contributed by atoms with Gasteiger partial charge in [0.25, 0.3) is 0 Å². The van der Waals surface area contributed by atoms with Gasteiger partial charge in [0.1, 0.15) is 5.01 Å². The number of nitrogens with one attached hydrogen (secondary N) is 1. The summed E-state index contributed by atoms with van der Waals surface area (Å²) in [7, 11) is -2.96. The van der Waals surface area contributed by atoms with Crippen molar-refractivity contribution in [1.82, 2.24) is 10.3 Å². The third-order valence-electron chi connectivity index (χ3n) is 3.48. The van der Waals surface area contributed by atoms with Gasteiger partial charge in [0.05, 0.1) is 22.7 Å². The van der Waals surface area contributed by atoms with Crippen LogP contribution in [0.15, 0.2) is 0 Å². The second kappa shape index (κ2) is 4.90. The minimum Gasteiger partial charge on any atom is -0.305 e. The van der Waals surface area contributed by atoms with E-state index in [9.17, 15) is 8.42 Å². The largest absolute Gasteiger partial charge is 0.305 e. The monoisotopic (exact) mass is 288 g/mol. The molecule has 1 aliphatic heterocycles. The molecule has 102 valence electrons. The number of rotatable bonds is 3. The number of aryl methyl sites for hydroxylation is 2. The van der Waals surface area contributed by atoms with Crippen LogP contribution in [0.1, 0.15) is 35.3 Å². The van der Waals surface area contributed by atoms with Crippen molar-refractivity contribution in [2.75, 3.05) is 18.1 Å². The predicted octanol–water partition coefficient (Wildman–Crippen LogP) is 1.77. The van der Waals surface area contributed by atoms with Crippen molar-refractivity contribution in [2.45, 2.75) is 39.2 Å². The highest BCUT2D eigenvalue weighted by Crippen LogP contribution is 2.36. The molecular weight excluding hydrogens is 268 g/mol. The summed E-state index contributed by atoms with van der Waals surface area (Å²) in [5, 5.41) is 4.31. The number of hydrogen-bond donors (Lipinski definition) is 1. The zero-order chi connectivity index (χ0) is 13.4. The Morgan fingerprint density at radius 1 is 1.44 bits per heavy atom. The van der Waals surface area contributed by atoms with Gasteiger partial charge < -0.3 is 5.32 Å². The normalized spacial score (nSPS) is 27.3. The van der Waals surface area contributed by atoms with Crippen molar-refractivity contribution in [3.63, 3.8) is 0 Å². The molecule has 6 heteroatoms. The molecule has 4 nitrogen and oxygen atoms in total. The van der Waals surface area contributed by atoms with Crippen molar-refractivity contribution in [3.05, 3.63) is 15.6 Å². The van der Waals surface area contributed by atoms with E-state index in [1.54, 1.807) is 11.3 Å². The lowest BCUT2D eigenvalue weighted by atomic mass is 9.96. The summed E-state index contributed by atoms with van der Waals surface area (Å²) in [6, 6.07) is 0. The highest BCUT2D eigenvalue weighted by atomic mass is 32.2. The van der Waals surface area contributed by atoms with Gasteiger partial charge in [-0.25, -0.2) is 13.4 Å². The molecule has 0 spiro atoms. The standard InChI is InChI=1S/C12H20N2O2S2/c1-4-13-12(6-5-7-18(15,16)8-12)11-14-9(2)10(3)17-11/h13H,4-8H2,1-3H3. The van der Waals surface area contributed by atoms with Crippen LogP contribution in [0.3, 0.4) is 0 Å². The Hall–Kier alpha value is -0.460. The van der Waals surface area contributed by atoms with E-state index in [1.807, 2.05) is 20.8 Å². The fourth-order valence-corrected chi connectivity index (χ4v) is 5.57. The highest BCUT2D eigenvalue weighted by Gasteiger charge is 2.42. The zero-order valence-electron chi connectivity index (χ0n) is 11.1. The van der Waals surface area contributed by atoms with Crippen LogP contribution >= 0.6 is 11.3 Å². The van der Waals surface area contributed by atoms with Crippen molar-refractivity contribution in [3.8, 4) is 0 Å². The third-order valence-corrected chi connectivity index (χ3v) is 6.60. The number of thiazole rings is 1. The molecule has 0 aromatic carbocycles. The molecule has 1 aromatic rings. The summed E-state index contributed by atoms with van der Waals surface area (Å²) in [4.78, 5) is 5.75. The average molecular weight is 288 g/mol. The van der Waals surface area contributed by atoms with Crippen molar-refractivity contribution >= 4 is 21.2 Å². The van der Waals surface area contributed by atoms with E-state index in [2.05, 4.69) is 10.3 Å². The Kier molecular flexibility index (Phi) is 3.80. The number of sulfone groups is 1. The first-order valence-corrected chi connectivity index (χ1v) is 8.92. The van der Waals surface area contributed by atoms with Crippen LogP contribution in [0.2, 0.25) is 0 Å². The van der Waals surface area contributed by atoms with E-state index in [0.717, 1.165) is 23.7 Å². The first kappa shape index (κ1) is 14.0. The third kappa shape index (κ3) is 2.60. The minimum absolute atomic E-state index is 0.181. The summed E-state index contributed by atoms with van der Waals surface area (Å²) >= 11 is 1.62. The molecule has 1 aliphatic rings. The molecule has 0 radical (unpaired) electrons. The molecule has 0 bridgehead atoms. The number of nitrogens with zero attached hydrogens (tertiary/aromatic N) is 1. The zero-order valence-corrected chi connectivity index (χ0v) is 12.7. The molecule has 1 N–H and O–H groups in total. The van der Waals surface area contributed by atoms with Gasteiger partial charge in [0.2, 0.25) is 0 Å². The van der Waals surface area contributed by atoms with Gasteiger partial charge in [0, 0.05) is 4.88 Å². The van der Waals surface area contributed by atoms with Gasteiger partial charge >= 0.3 is 0 Å². The van der Waals surface area contributed by atoms with E-state index >= 15 is 0 Å². The van der Waals surface area contributed by atoms with Crippen LogP contribution < -0.4 is 5.32 Å². The van der Waals surface area contributed by atoms with Crippen molar-refractivity contribution in [2.24, 2.45) is 0 Å². The fourth-order valence-electron chi connectivity index (χ4n) is 2.51. The van der Waals surface area contributed by atoms with Gasteiger partial charge in [0.15, 0.2) is 9.84 Å². The molecule has 1 atom stereocenters. The molecule has 0 aliphatic carbocycles. The van der Waals surface area contributed by atoms with Crippen LogP contribution in [0, 0.1) is 13.8 Å². The lowest BCUT2D eigenvalue weighted by Gasteiger charge is -2.35. The molecular formula is C12H20N2O2S2. The Balaban J connectivity index is 2.43. The quantitative estimate of drug-likeness (QED) is 0.921. The van der Waals surface area contributed by atoms with Gasteiger partial charge in [-0.2, -0.15) is 0 Å². The lowest BCUT2D eigenvalue weighted by Crippen LogP contribution is -2.50. The van der Waals surface area contributed by atoms with Gasteiger partial charge in [-0.3, -0.25) is 0 Å². The van der Waals surface area contributed by atoms with Gasteiger partial charge in [-0.1, -0.05) is 6.92 Å². The Morgan fingerprint density at radius 3 is 2.67 bits per heavy atom. The Morgan fingerprint density at radius 2 is 2.17 bits per heavy atom. The average Bonchev–Trinajstić information content (AvgIpc) is 2.59. The maximum absolute atomic E-state index is 11.9. The van der Waals surface area contributed by atoms with Crippen LogP contribution in [0.25, 0.3) is 0 Å². The second-order valence-corrected chi connectivity index (χ2v) is 8.36. The van der Waals surface area contributed by atoms with E-state index in [1.165, 1.54) is 4.88 Å². The first-order chi connectivity index (χ1) is 8.38. The summed E-state index contributed by atoms with van der Waals surface area (Å²) in [5.74, 6) is 0.490. The SMILES string of the molecule is CCNC1(c2nc(C)c(C)s2)CCCS(=O)(=O)C1. The maximum Gasteiger partial charge on any atom is 0.152 e. The number of hydrogen-bond acceptors (Lipinski definition) is 5. The number of aromatic nitrogens is 1. The van der Waals surface area contributed by atoms with E-state index < -0.39 is 15.4 Å². The smallest absolute Gasteiger partial charge is 0.152 e. The summed E-state index contributed by atoms with van der Waals surface area (Å²) < 4.78 is 23.9. The van der Waals surface area contributed by atoms with E-state index in [4.69, 9.17) is 0 Å². The van der Waals surface area contributed by atoms with Crippen molar-refractivity contribution < 1.29 is 8.42 Å². The molecule has 1 saturated heterocycles. The lowest BCUT2D eigenvalue weighted by molar-refractivity contribution is 0.333. The van der Waals surface area contributed by atoms with Crippen LogP contribution in [0.4, 0.5) is 0 Å². The molecule has 2 heterocycles. The summed E-state index contributed by atoms with van der Waals surface area (Å²) in [5.41, 5.74) is 0.547. The van der Waals surface area contributed by atoms with Gasteiger partial charge in [-0.15, -0.1) is 11.3 Å². The summed E-state index contributed by atoms with van der Waals surface area (Å²) in [6.07, 6.45) is 1.57. The predicted molar refractivity (Wildman–Crippen MR) is 74.8 cm³/mol. The van der Waals surface area contributed by atoms with Crippen LogP contribution in [-0.2, 0) is 15.4 Å². The van der Waals surface area contributed by atoms with Crippen LogP contribution in [0.5, 0.6) is 0 Å². The van der Waals surface area contributed by atoms with Gasteiger partial charge in [-0.05, 0) is 33.2 Å². The molecule has 18 heavy (non-hydrogen) atoms. The van der Waals surface area contributed by atoms with E-state index in [0.29, 0.717) is 12.2 Å². The summed E-state index contributed by atoms with van der Waals surface area (Å²) in [6.45, 7) is 6.78. The molecule has 1 aromatic heterocycles. The maximum atomic E-state index is 11.9. The van der Waals surface area contributed by atoms with Crippen LogP contribution in [-0.4, -0.2) is 31.5 Å². The van der Waals surface area contributed by atoms with Crippen molar-refractivity contribution in [1.29, 1.82) is 0 Å². The first-order valence-electron chi connectivity index (χ1n) is 6.28. The second-order valence-electron chi connectivity index (χ2n) is 4.97. The Bertz CT molecular complexity index is 513. The molecule has 0 saturated carbocycles. The molecule has 1 fully saturated rings.